The van der Waals surface area contributed by atoms with Gasteiger partial charge in [-0.1, -0.05) is 32.3 Å². The summed E-state index contributed by atoms with van der Waals surface area (Å²) in [4.78, 5) is 35.7. The van der Waals surface area contributed by atoms with Gasteiger partial charge in [-0.05, 0) is 37.5 Å². The zero-order valence-electron chi connectivity index (χ0n) is 16.4. The number of urea groups is 1. The lowest BCUT2D eigenvalue weighted by molar-refractivity contribution is -0.123. The summed E-state index contributed by atoms with van der Waals surface area (Å²) in [7, 11) is -3.73. The first-order valence-electron chi connectivity index (χ1n) is 9.69. The van der Waals surface area contributed by atoms with Crippen molar-refractivity contribution in [3.8, 4) is 0 Å². The number of hydrogen-bond donors (Lipinski definition) is 3. The fourth-order valence-electron chi connectivity index (χ4n) is 2.96. The Morgan fingerprint density at radius 2 is 1.86 bits per heavy atom. The minimum atomic E-state index is -3.73. The van der Waals surface area contributed by atoms with Gasteiger partial charge >= 0.3 is 12.0 Å². The van der Waals surface area contributed by atoms with E-state index in [1.54, 1.807) is 0 Å². The summed E-state index contributed by atoms with van der Waals surface area (Å²) in [5, 5.41) is 4.85. The normalized spacial score (nSPS) is 14.8. The Bertz CT molecular complexity index is 834. The van der Waals surface area contributed by atoms with Gasteiger partial charge in [0.25, 0.3) is 5.91 Å². The lowest BCUT2D eigenvalue weighted by Gasteiger charge is -2.22. The van der Waals surface area contributed by atoms with Gasteiger partial charge in [-0.2, -0.15) is 0 Å². The van der Waals surface area contributed by atoms with Crippen LogP contribution in [0.4, 0.5) is 4.79 Å². The molecule has 29 heavy (non-hydrogen) atoms. The molecule has 0 atom stereocenters. The van der Waals surface area contributed by atoms with Gasteiger partial charge in [0.1, 0.15) is 0 Å². The Morgan fingerprint density at radius 1 is 1.14 bits per heavy atom. The van der Waals surface area contributed by atoms with Crippen LogP contribution in [0.3, 0.4) is 0 Å². The molecule has 1 aliphatic rings. The number of nitrogens with one attached hydrogen (secondary N) is 3. The Morgan fingerprint density at radius 3 is 2.55 bits per heavy atom. The van der Waals surface area contributed by atoms with Crippen LogP contribution < -0.4 is 15.4 Å². The molecule has 1 aromatic rings. The summed E-state index contributed by atoms with van der Waals surface area (Å²) in [6.45, 7) is 1.46. The quantitative estimate of drug-likeness (QED) is 0.543. The van der Waals surface area contributed by atoms with Crippen molar-refractivity contribution in [3.63, 3.8) is 0 Å². The number of imide groups is 1. The number of rotatable bonds is 8. The van der Waals surface area contributed by atoms with Gasteiger partial charge in [0.05, 0.1) is 10.5 Å². The SMILES string of the molecule is CCCNS(=O)(=O)c1cccc(C(=O)OCC(=O)NC(=O)NC2CCCCC2)c1. The molecular formula is C19H27N3O6S. The first-order chi connectivity index (χ1) is 13.8. The first-order valence-corrected chi connectivity index (χ1v) is 11.2. The molecule has 1 aromatic carbocycles. The lowest BCUT2D eigenvalue weighted by atomic mass is 9.96. The average Bonchev–Trinajstić information content (AvgIpc) is 2.71. The van der Waals surface area contributed by atoms with Crippen LogP contribution in [0, 0.1) is 0 Å². The zero-order chi connectivity index (χ0) is 21.3. The second-order valence-corrected chi connectivity index (χ2v) is 8.63. The van der Waals surface area contributed by atoms with Crippen molar-refractivity contribution >= 4 is 27.9 Å². The maximum atomic E-state index is 12.1. The smallest absolute Gasteiger partial charge is 0.338 e. The van der Waals surface area contributed by atoms with Crippen molar-refractivity contribution in [1.29, 1.82) is 0 Å². The fraction of sp³-hybridized carbons (Fsp3) is 0.526. The van der Waals surface area contributed by atoms with E-state index in [1.807, 2.05) is 6.92 Å². The summed E-state index contributed by atoms with van der Waals surface area (Å²) in [5.74, 6) is -1.62. The number of amides is 3. The monoisotopic (exact) mass is 425 g/mol. The summed E-state index contributed by atoms with van der Waals surface area (Å²) in [6, 6.07) is 4.76. The summed E-state index contributed by atoms with van der Waals surface area (Å²) < 4.78 is 31.6. The molecule has 3 amide bonds. The van der Waals surface area contributed by atoms with Crippen LogP contribution in [0.5, 0.6) is 0 Å². The van der Waals surface area contributed by atoms with Gasteiger partial charge in [-0.3, -0.25) is 10.1 Å². The van der Waals surface area contributed by atoms with Crippen molar-refractivity contribution in [1.82, 2.24) is 15.4 Å². The van der Waals surface area contributed by atoms with Crippen LogP contribution in [0.2, 0.25) is 0 Å². The third kappa shape index (κ3) is 7.47. The Balaban J connectivity index is 1.84. The van der Waals surface area contributed by atoms with Crippen molar-refractivity contribution in [2.75, 3.05) is 13.2 Å². The molecule has 2 rings (SSSR count). The number of hydrogen-bond acceptors (Lipinski definition) is 6. The zero-order valence-corrected chi connectivity index (χ0v) is 17.2. The van der Waals surface area contributed by atoms with Crippen LogP contribution in [0.25, 0.3) is 0 Å². The maximum Gasteiger partial charge on any atom is 0.338 e. The predicted molar refractivity (Wildman–Crippen MR) is 106 cm³/mol. The van der Waals surface area contributed by atoms with E-state index in [4.69, 9.17) is 4.74 Å². The van der Waals surface area contributed by atoms with E-state index in [2.05, 4.69) is 15.4 Å². The van der Waals surface area contributed by atoms with Crippen molar-refractivity contribution < 1.29 is 27.5 Å². The predicted octanol–water partition coefficient (Wildman–Crippen LogP) is 1.69. The number of benzene rings is 1. The van der Waals surface area contributed by atoms with E-state index >= 15 is 0 Å². The van der Waals surface area contributed by atoms with Gasteiger partial charge in [0.2, 0.25) is 10.0 Å². The molecule has 0 unspecified atom stereocenters. The highest BCUT2D eigenvalue weighted by atomic mass is 32.2. The maximum absolute atomic E-state index is 12.1. The molecule has 0 heterocycles. The Kier molecular flexibility index (Phi) is 8.59. The molecule has 0 radical (unpaired) electrons. The topological polar surface area (TPSA) is 131 Å². The van der Waals surface area contributed by atoms with Crippen LogP contribution >= 0.6 is 0 Å². The van der Waals surface area contributed by atoms with E-state index < -0.39 is 34.5 Å². The molecule has 10 heteroatoms. The molecule has 0 aliphatic heterocycles. The molecule has 160 valence electrons. The van der Waals surface area contributed by atoms with Crippen molar-refractivity contribution in [2.24, 2.45) is 0 Å². The summed E-state index contributed by atoms with van der Waals surface area (Å²) in [5.41, 5.74) is -0.0103. The number of carbonyl (C=O) groups is 3. The molecular weight excluding hydrogens is 398 g/mol. The second kappa shape index (κ2) is 10.9. The highest BCUT2D eigenvalue weighted by molar-refractivity contribution is 7.89. The average molecular weight is 426 g/mol. The van der Waals surface area contributed by atoms with Crippen molar-refractivity contribution in [3.05, 3.63) is 29.8 Å². The van der Waals surface area contributed by atoms with Crippen LogP contribution in [0.15, 0.2) is 29.2 Å². The first kappa shape index (κ1) is 22.8. The summed E-state index contributed by atoms with van der Waals surface area (Å²) in [6.07, 6.45) is 5.61. The molecule has 0 bridgehead atoms. The van der Waals surface area contributed by atoms with E-state index in [0.717, 1.165) is 32.1 Å². The third-order valence-electron chi connectivity index (χ3n) is 4.45. The van der Waals surface area contributed by atoms with Gasteiger partial charge in [0, 0.05) is 12.6 Å². The van der Waals surface area contributed by atoms with Crippen LogP contribution in [-0.2, 0) is 19.6 Å². The Hall–Kier alpha value is -2.46. The minimum absolute atomic E-state index is 0.0103. The van der Waals surface area contributed by atoms with Crippen LogP contribution in [-0.4, -0.2) is 45.5 Å². The fourth-order valence-corrected chi connectivity index (χ4v) is 4.13. The van der Waals surface area contributed by atoms with E-state index in [-0.39, 0.29) is 23.0 Å². The van der Waals surface area contributed by atoms with Gasteiger partial charge in [-0.25, -0.2) is 22.7 Å². The molecule has 0 aromatic heterocycles. The summed E-state index contributed by atoms with van der Waals surface area (Å²) >= 11 is 0. The molecule has 1 fully saturated rings. The van der Waals surface area contributed by atoms with Crippen LogP contribution in [0.1, 0.15) is 55.8 Å². The van der Waals surface area contributed by atoms with E-state index in [9.17, 15) is 22.8 Å². The molecule has 1 aliphatic carbocycles. The van der Waals surface area contributed by atoms with Crippen molar-refractivity contribution in [2.45, 2.75) is 56.4 Å². The number of esters is 1. The molecule has 0 saturated heterocycles. The number of ether oxygens (including phenoxy) is 1. The lowest BCUT2D eigenvalue weighted by Crippen LogP contribution is -2.46. The second-order valence-electron chi connectivity index (χ2n) is 6.86. The molecule has 1 saturated carbocycles. The Labute approximate surface area is 170 Å². The molecule has 3 N–H and O–H groups in total. The largest absolute Gasteiger partial charge is 0.452 e. The standard InChI is InChI=1S/C19H27N3O6S/c1-2-11-20-29(26,27)16-10-6-7-14(12-16)18(24)28-13-17(23)22-19(25)21-15-8-4-3-5-9-15/h6-7,10,12,15,20H,2-5,8-9,11,13H2,1H3,(H2,21,22,23,25). The number of carbonyl (C=O) groups excluding carboxylic acids is 3. The van der Waals surface area contributed by atoms with Gasteiger partial charge < -0.3 is 10.1 Å². The number of sulfonamides is 1. The van der Waals surface area contributed by atoms with E-state index in [0.29, 0.717) is 6.42 Å². The highest BCUT2D eigenvalue weighted by Gasteiger charge is 2.19. The van der Waals surface area contributed by atoms with Gasteiger partial charge in [0.15, 0.2) is 6.61 Å². The minimum Gasteiger partial charge on any atom is -0.452 e. The highest BCUT2D eigenvalue weighted by Crippen LogP contribution is 2.17. The van der Waals surface area contributed by atoms with Gasteiger partial charge in [-0.15, -0.1) is 0 Å². The molecule has 0 spiro atoms. The molecule has 9 nitrogen and oxygen atoms in total. The van der Waals surface area contributed by atoms with E-state index in [1.165, 1.54) is 24.3 Å². The third-order valence-corrected chi connectivity index (χ3v) is 5.91.